The van der Waals surface area contributed by atoms with Crippen molar-refractivity contribution in [3.63, 3.8) is 0 Å². The monoisotopic (exact) mass is 311 g/mol. The van der Waals surface area contributed by atoms with E-state index in [4.69, 9.17) is 0 Å². The summed E-state index contributed by atoms with van der Waals surface area (Å²) in [6, 6.07) is 2.85. The Kier molecular flexibility index (Phi) is 4.62. The molecule has 18 heavy (non-hydrogen) atoms. The quantitative estimate of drug-likeness (QED) is 0.800. The molecule has 0 aliphatic carbocycles. The maximum atomic E-state index is 4.63. The molecule has 0 aromatic carbocycles. The fourth-order valence-electron chi connectivity index (χ4n) is 2.62. The maximum absolute atomic E-state index is 4.63. The van der Waals surface area contributed by atoms with E-state index < -0.39 is 0 Å². The molecule has 0 spiro atoms. The van der Waals surface area contributed by atoms with Crippen LogP contribution in [0.25, 0.3) is 0 Å². The molecule has 0 unspecified atom stereocenters. The van der Waals surface area contributed by atoms with Crippen molar-refractivity contribution >= 4 is 21.7 Å². The molecule has 2 rings (SSSR count). The molecule has 3 nitrogen and oxygen atoms in total. The zero-order valence-electron chi connectivity index (χ0n) is 11.5. The van der Waals surface area contributed by atoms with Gasteiger partial charge in [0, 0.05) is 24.6 Å². The molecule has 0 N–H and O–H groups in total. The second kappa shape index (κ2) is 6.02. The van der Waals surface area contributed by atoms with E-state index in [-0.39, 0.29) is 0 Å². The van der Waals surface area contributed by atoms with Crippen LogP contribution in [0, 0.1) is 6.92 Å². The summed E-state index contributed by atoms with van der Waals surface area (Å²) in [6.45, 7) is 4.53. The number of aryl methyl sites for hydroxylation is 1. The topological polar surface area (TPSA) is 19.4 Å². The number of pyridine rings is 1. The molecule has 0 amide bonds. The number of rotatable bonds is 3. The van der Waals surface area contributed by atoms with Gasteiger partial charge in [-0.25, -0.2) is 4.98 Å². The van der Waals surface area contributed by atoms with E-state index in [0.29, 0.717) is 6.04 Å². The van der Waals surface area contributed by atoms with Crippen molar-refractivity contribution in [3.05, 3.63) is 23.4 Å². The normalized spacial score (nSPS) is 18.0. The lowest BCUT2D eigenvalue weighted by Gasteiger charge is -2.36. The highest BCUT2D eigenvalue weighted by Gasteiger charge is 2.22. The van der Waals surface area contributed by atoms with Crippen LogP contribution in [0.15, 0.2) is 12.3 Å². The third-order valence-electron chi connectivity index (χ3n) is 3.83. The van der Waals surface area contributed by atoms with Gasteiger partial charge in [0.1, 0.15) is 5.82 Å². The van der Waals surface area contributed by atoms with Gasteiger partial charge in [-0.1, -0.05) is 22.0 Å². The number of alkyl halides is 1. The summed E-state index contributed by atoms with van der Waals surface area (Å²) in [5.74, 6) is 1.13. The average Bonchev–Trinajstić information content (AvgIpc) is 2.38. The Balaban J connectivity index is 2.11. The number of piperidine rings is 1. The number of hydrogen-bond acceptors (Lipinski definition) is 3. The standard InChI is InChI=1S/C14H22BrN3/c1-11-8-12(9-15)10-16-14(11)18(3)13-4-6-17(2)7-5-13/h8,10,13H,4-7,9H2,1-3H3. The van der Waals surface area contributed by atoms with E-state index >= 15 is 0 Å². The van der Waals surface area contributed by atoms with Crippen LogP contribution in [-0.4, -0.2) is 43.1 Å². The largest absolute Gasteiger partial charge is 0.356 e. The van der Waals surface area contributed by atoms with Crippen LogP contribution in [0.4, 0.5) is 5.82 Å². The van der Waals surface area contributed by atoms with E-state index in [0.717, 1.165) is 11.1 Å². The Morgan fingerprint density at radius 3 is 2.67 bits per heavy atom. The minimum atomic E-state index is 0.627. The highest BCUT2D eigenvalue weighted by molar-refractivity contribution is 9.08. The Morgan fingerprint density at radius 2 is 2.11 bits per heavy atom. The van der Waals surface area contributed by atoms with Gasteiger partial charge in [0.2, 0.25) is 0 Å². The van der Waals surface area contributed by atoms with Crippen LogP contribution in [0.5, 0.6) is 0 Å². The van der Waals surface area contributed by atoms with E-state index in [2.05, 4.69) is 57.8 Å². The molecule has 1 aromatic rings. The highest BCUT2D eigenvalue weighted by Crippen LogP contribution is 2.23. The second-order valence-electron chi connectivity index (χ2n) is 5.26. The second-order valence-corrected chi connectivity index (χ2v) is 5.82. The van der Waals surface area contributed by atoms with Crippen molar-refractivity contribution in [1.29, 1.82) is 0 Å². The van der Waals surface area contributed by atoms with Crippen LogP contribution in [0.1, 0.15) is 24.0 Å². The molecule has 1 aromatic heterocycles. The van der Waals surface area contributed by atoms with Crippen molar-refractivity contribution in [1.82, 2.24) is 9.88 Å². The zero-order chi connectivity index (χ0) is 13.1. The fourth-order valence-corrected chi connectivity index (χ4v) is 2.93. The maximum Gasteiger partial charge on any atom is 0.131 e. The number of likely N-dealkylation sites (tertiary alicyclic amines) is 1. The Bertz CT molecular complexity index is 400. The first-order valence-electron chi connectivity index (χ1n) is 6.54. The minimum Gasteiger partial charge on any atom is -0.356 e. The van der Waals surface area contributed by atoms with Gasteiger partial charge in [0.15, 0.2) is 0 Å². The molecule has 4 heteroatoms. The first-order valence-corrected chi connectivity index (χ1v) is 7.67. The van der Waals surface area contributed by atoms with Crippen molar-refractivity contribution in [2.24, 2.45) is 0 Å². The van der Waals surface area contributed by atoms with Gasteiger partial charge in [-0.3, -0.25) is 0 Å². The van der Waals surface area contributed by atoms with Gasteiger partial charge in [-0.2, -0.15) is 0 Å². The third-order valence-corrected chi connectivity index (χ3v) is 4.48. The molecule has 1 aliphatic rings. The van der Waals surface area contributed by atoms with E-state index in [1.54, 1.807) is 0 Å². The van der Waals surface area contributed by atoms with Gasteiger partial charge in [-0.05, 0) is 51.0 Å². The summed E-state index contributed by atoms with van der Waals surface area (Å²) in [5.41, 5.74) is 2.52. The fraction of sp³-hybridized carbons (Fsp3) is 0.643. The average molecular weight is 312 g/mol. The van der Waals surface area contributed by atoms with Gasteiger partial charge in [0.25, 0.3) is 0 Å². The number of halogens is 1. The van der Waals surface area contributed by atoms with Crippen LogP contribution in [0.3, 0.4) is 0 Å². The molecule has 0 bridgehead atoms. The predicted octanol–water partition coefficient (Wildman–Crippen LogP) is 2.82. The van der Waals surface area contributed by atoms with E-state index in [1.165, 1.54) is 37.1 Å². The van der Waals surface area contributed by atoms with Gasteiger partial charge >= 0.3 is 0 Å². The van der Waals surface area contributed by atoms with E-state index in [9.17, 15) is 0 Å². The van der Waals surface area contributed by atoms with Crippen molar-refractivity contribution in [2.75, 3.05) is 32.1 Å². The van der Waals surface area contributed by atoms with Crippen LogP contribution in [-0.2, 0) is 5.33 Å². The molecular formula is C14H22BrN3. The molecular weight excluding hydrogens is 290 g/mol. The first kappa shape index (κ1) is 13.8. The summed E-state index contributed by atoms with van der Waals surface area (Å²) in [7, 11) is 4.38. The summed E-state index contributed by atoms with van der Waals surface area (Å²) in [5, 5.41) is 0.874. The van der Waals surface area contributed by atoms with Gasteiger partial charge in [-0.15, -0.1) is 0 Å². The predicted molar refractivity (Wildman–Crippen MR) is 80.5 cm³/mol. The van der Waals surface area contributed by atoms with Crippen LogP contribution < -0.4 is 4.90 Å². The number of nitrogens with zero attached hydrogens (tertiary/aromatic N) is 3. The third kappa shape index (κ3) is 3.04. The molecule has 2 heterocycles. The molecule has 1 fully saturated rings. The Hall–Kier alpha value is -0.610. The van der Waals surface area contributed by atoms with Crippen molar-refractivity contribution in [2.45, 2.75) is 31.1 Å². The Labute approximate surface area is 118 Å². The number of aromatic nitrogens is 1. The lowest BCUT2D eigenvalue weighted by Crippen LogP contribution is -2.42. The van der Waals surface area contributed by atoms with Crippen molar-refractivity contribution in [3.8, 4) is 0 Å². The van der Waals surface area contributed by atoms with Crippen molar-refractivity contribution < 1.29 is 0 Å². The molecule has 0 saturated carbocycles. The summed E-state index contributed by atoms with van der Waals surface area (Å²) in [4.78, 5) is 9.39. The summed E-state index contributed by atoms with van der Waals surface area (Å²) < 4.78 is 0. The SMILES string of the molecule is Cc1cc(CBr)cnc1N(C)C1CCN(C)CC1. The molecule has 100 valence electrons. The lowest BCUT2D eigenvalue weighted by atomic mass is 10.0. The molecule has 1 aliphatic heterocycles. The minimum absolute atomic E-state index is 0.627. The van der Waals surface area contributed by atoms with Gasteiger partial charge < -0.3 is 9.80 Å². The van der Waals surface area contributed by atoms with E-state index in [1.807, 2.05) is 6.20 Å². The summed E-state index contributed by atoms with van der Waals surface area (Å²) >= 11 is 3.48. The first-order chi connectivity index (χ1) is 8.61. The molecule has 0 radical (unpaired) electrons. The molecule has 0 atom stereocenters. The highest BCUT2D eigenvalue weighted by atomic mass is 79.9. The smallest absolute Gasteiger partial charge is 0.131 e. The Morgan fingerprint density at radius 1 is 1.44 bits per heavy atom. The molecule has 1 saturated heterocycles. The number of anilines is 1. The lowest BCUT2D eigenvalue weighted by molar-refractivity contribution is 0.252. The zero-order valence-corrected chi connectivity index (χ0v) is 13.1. The number of hydrogen-bond donors (Lipinski definition) is 0. The summed E-state index contributed by atoms with van der Waals surface area (Å²) in [6.07, 6.45) is 4.44. The van der Waals surface area contributed by atoms with Gasteiger partial charge in [0.05, 0.1) is 0 Å². The van der Waals surface area contributed by atoms with Crippen LogP contribution in [0.2, 0.25) is 0 Å². The van der Waals surface area contributed by atoms with Crippen LogP contribution >= 0.6 is 15.9 Å².